The number of fused-ring (bicyclic) bond motifs is 1. The Labute approximate surface area is 165 Å². The topological polar surface area (TPSA) is 58.1 Å². The molecule has 6 heteroatoms. The Balaban J connectivity index is 1.52. The van der Waals surface area contributed by atoms with Gasteiger partial charge in [0.25, 0.3) is 0 Å². The number of carbonyl (C=O) groups excluding carboxylic acids is 1. The van der Waals surface area contributed by atoms with Gasteiger partial charge in [0.05, 0.1) is 18.2 Å². The van der Waals surface area contributed by atoms with Crippen LogP contribution < -0.4 is 10.2 Å². The number of anilines is 1. The molecule has 0 bridgehead atoms. The van der Waals surface area contributed by atoms with Crippen molar-refractivity contribution in [3.63, 3.8) is 0 Å². The van der Waals surface area contributed by atoms with E-state index in [1.54, 1.807) is 12.1 Å². The Kier molecular flexibility index (Phi) is 5.04. The number of amides is 1. The van der Waals surface area contributed by atoms with Crippen LogP contribution in [0.3, 0.4) is 0 Å². The highest BCUT2D eigenvalue weighted by Gasteiger charge is 2.35. The lowest BCUT2D eigenvalue weighted by atomic mass is 9.74. The molecule has 1 saturated heterocycles. The predicted molar refractivity (Wildman–Crippen MR) is 107 cm³/mol. The molecule has 1 aromatic heterocycles. The van der Waals surface area contributed by atoms with Gasteiger partial charge in [-0.2, -0.15) is 0 Å². The molecule has 28 heavy (non-hydrogen) atoms. The van der Waals surface area contributed by atoms with Crippen LogP contribution >= 0.6 is 0 Å². The Hall–Kier alpha value is -2.50. The Bertz CT molecular complexity index is 859. The summed E-state index contributed by atoms with van der Waals surface area (Å²) in [6, 6.07) is 5.97. The van der Waals surface area contributed by atoms with E-state index in [9.17, 15) is 9.18 Å². The quantitative estimate of drug-likeness (QED) is 0.878. The average Bonchev–Trinajstić information content (AvgIpc) is 3.17. The van der Waals surface area contributed by atoms with E-state index in [0.29, 0.717) is 0 Å². The lowest BCUT2D eigenvalue weighted by Gasteiger charge is -2.36. The van der Waals surface area contributed by atoms with Crippen molar-refractivity contribution in [3.8, 4) is 0 Å². The average molecular weight is 382 g/mol. The molecule has 4 rings (SSSR count). The normalized spacial score (nSPS) is 20.7. The summed E-state index contributed by atoms with van der Waals surface area (Å²) >= 11 is 0. The summed E-state index contributed by atoms with van der Waals surface area (Å²) in [5, 5.41) is 3.16. The summed E-state index contributed by atoms with van der Waals surface area (Å²) in [4.78, 5) is 24.3. The van der Waals surface area contributed by atoms with Gasteiger partial charge in [0.1, 0.15) is 5.82 Å². The molecule has 1 fully saturated rings. The van der Waals surface area contributed by atoms with Crippen LogP contribution in [0.4, 0.5) is 10.3 Å². The maximum Gasteiger partial charge on any atom is 0.225 e. The Morgan fingerprint density at radius 2 is 1.96 bits per heavy atom. The van der Waals surface area contributed by atoms with Crippen LogP contribution in [0.5, 0.6) is 0 Å². The molecule has 1 atom stereocenters. The van der Waals surface area contributed by atoms with E-state index in [4.69, 9.17) is 4.98 Å². The molecule has 1 aliphatic heterocycles. The fourth-order valence-electron chi connectivity index (χ4n) is 4.27. The number of hydrogen-bond acceptors (Lipinski definition) is 4. The maximum absolute atomic E-state index is 13.1. The zero-order chi connectivity index (χ0) is 19.7. The van der Waals surface area contributed by atoms with Crippen LogP contribution in [0, 0.1) is 11.2 Å². The van der Waals surface area contributed by atoms with Gasteiger partial charge in [0, 0.05) is 24.8 Å². The van der Waals surface area contributed by atoms with E-state index in [1.165, 1.54) is 25.0 Å². The highest BCUT2D eigenvalue weighted by atomic mass is 19.1. The number of nitrogens with zero attached hydrogens (tertiary/aromatic N) is 3. The number of benzene rings is 1. The van der Waals surface area contributed by atoms with Gasteiger partial charge in [0.2, 0.25) is 11.9 Å². The molecule has 2 aliphatic rings. The van der Waals surface area contributed by atoms with Gasteiger partial charge < -0.3 is 10.2 Å². The van der Waals surface area contributed by atoms with Crippen LogP contribution in [0.1, 0.15) is 56.0 Å². The number of carbonyl (C=O) groups is 1. The van der Waals surface area contributed by atoms with Crippen molar-refractivity contribution >= 4 is 11.9 Å². The van der Waals surface area contributed by atoms with E-state index in [-0.39, 0.29) is 29.6 Å². The molecule has 0 saturated carbocycles. The minimum absolute atomic E-state index is 0.0530. The Morgan fingerprint density at radius 3 is 2.68 bits per heavy atom. The van der Waals surface area contributed by atoms with Crippen molar-refractivity contribution in [2.24, 2.45) is 5.41 Å². The third-order valence-electron chi connectivity index (χ3n) is 5.67. The fraction of sp³-hybridized carbons (Fsp3) is 0.500. The van der Waals surface area contributed by atoms with Gasteiger partial charge in [-0.3, -0.25) is 4.79 Å². The van der Waals surface area contributed by atoms with E-state index in [2.05, 4.69) is 29.0 Å². The molecule has 148 valence electrons. The molecule has 2 heterocycles. The third-order valence-corrected chi connectivity index (χ3v) is 5.67. The zero-order valence-electron chi connectivity index (χ0n) is 16.5. The van der Waals surface area contributed by atoms with Crippen molar-refractivity contribution < 1.29 is 9.18 Å². The SMILES string of the molecule is CC1(C)Cc2nc(N3CCCC3)ncc2[C@@H](NC(=O)Cc2ccc(F)cc2)C1. The molecule has 5 nitrogen and oxygen atoms in total. The second-order valence-corrected chi connectivity index (χ2v) is 8.73. The van der Waals surface area contributed by atoms with Crippen molar-refractivity contribution in [1.29, 1.82) is 0 Å². The Morgan fingerprint density at radius 1 is 1.25 bits per heavy atom. The first-order valence-electron chi connectivity index (χ1n) is 10.0. The van der Waals surface area contributed by atoms with Crippen LogP contribution in [0.25, 0.3) is 0 Å². The summed E-state index contributed by atoms with van der Waals surface area (Å²) in [5.41, 5.74) is 2.92. The molecule has 0 radical (unpaired) electrons. The van der Waals surface area contributed by atoms with Crippen molar-refractivity contribution in [2.75, 3.05) is 18.0 Å². The second-order valence-electron chi connectivity index (χ2n) is 8.73. The molecule has 2 aromatic rings. The molecule has 1 N–H and O–H groups in total. The van der Waals surface area contributed by atoms with Crippen molar-refractivity contribution in [3.05, 3.63) is 53.1 Å². The van der Waals surface area contributed by atoms with Crippen LogP contribution in [0.2, 0.25) is 0 Å². The van der Waals surface area contributed by atoms with E-state index >= 15 is 0 Å². The van der Waals surface area contributed by atoms with Crippen LogP contribution in [-0.2, 0) is 17.6 Å². The molecular weight excluding hydrogens is 355 g/mol. The smallest absolute Gasteiger partial charge is 0.225 e. The van der Waals surface area contributed by atoms with E-state index in [1.807, 2.05) is 6.20 Å². The molecule has 1 aliphatic carbocycles. The first-order chi connectivity index (χ1) is 13.4. The minimum Gasteiger partial charge on any atom is -0.349 e. The minimum atomic E-state index is -0.293. The summed E-state index contributed by atoms with van der Waals surface area (Å²) < 4.78 is 13.1. The summed E-state index contributed by atoms with van der Waals surface area (Å²) in [7, 11) is 0. The number of aromatic nitrogens is 2. The van der Waals surface area contributed by atoms with Gasteiger partial charge in [-0.05, 0) is 48.8 Å². The molecule has 0 spiro atoms. The number of nitrogens with one attached hydrogen (secondary N) is 1. The summed E-state index contributed by atoms with van der Waals surface area (Å²) in [6.45, 7) is 6.46. The second kappa shape index (κ2) is 7.49. The lowest BCUT2D eigenvalue weighted by Crippen LogP contribution is -2.38. The number of hydrogen-bond donors (Lipinski definition) is 1. The predicted octanol–water partition coefficient (Wildman–Crippen LogP) is 3.59. The van der Waals surface area contributed by atoms with E-state index in [0.717, 1.165) is 48.7 Å². The van der Waals surface area contributed by atoms with Crippen molar-refractivity contribution in [2.45, 2.75) is 52.0 Å². The van der Waals surface area contributed by atoms with Gasteiger partial charge in [-0.25, -0.2) is 14.4 Å². The first kappa shape index (κ1) is 18.8. The first-order valence-corrected chi connectivity index (χ1v) is 10.0. The number of rotatable bonds is 4. The summed E-state index contributed by atoms with van der Waals surface area (Å²) in [5.74, 6) is 0.451. The van der Waals surface area contributed by atoms with Gasteiger partial charge in [-0.1, -0.05) is 26.0 Å². The molecular formula is C22H27FN4O. The maximum atomic E-state index is 13.1. The zero-order valence-corrected chi connectivity index (χ0v) is 16.5. The summed E-state index contributed by atoms with van der Waals surface area (Å²) in [6.07, 6.45) is 6.24. The van der Waals surface area contributed by atoms with Crippen molar-refractivity contribution in [1.82, 2.24) is 15.3 Å². The largest absolute Gasteiger partial charge is 0.349 e. The number of halogens is 1. The fourth-order valence-corrected chi connectivity index (χ4v) is 4.27. The van der Waals surface area contributed by atoms with Gasteiger partial charge in [0.15, 0.2) is 0 Å². The molecule has 1 aromatic carbocycles. The lowest BCUT2D eigenvalue weighted by molar-refractivity contribution is -0.121. The molecule has 1 amide bonds. The highest BCUT2D eigenvalue weighted by molar-refractivity contribution is 5.79. The molecule has 0 unspecified atom stereocenters. The third kappa shape index (κ3) is 4.16. The monoisotopic (exact) mass is 382 g/mol. The van der Waals surface area contributed by atoms with Crippen LogP contribution in [-0.4, -0.2) is 29.0 Å². The van der Waals surface area contributed by atoms with Gasteiger partial charge >= 0.3 is 0 Å². The van der Waals surface area contributed by atoms with Gasteiger partial charge in [-0.15, -0.1) is 0 Å². The van der Waals surface area contributed by atoms with Crippen LogP contribution in [0.15, 0.2) is 30.5 Å². The highest BCUT2D eigenvalue weighted by Crippen LogP contribution is 2.40. The van der Waals surface area contributed by atoms with E-state index < -0.39 is 0 Å². The standard InChI is InChI=1S/C22H27FN4O/c1-22(2)12-18(25-20(28)11-15-5-7-16(23)8-6-15)17-14-24-21(26-19(17)13-22)27-9-3-4-10-27/h5-8,14,18H,3-4,9-13H2,1-2H3,(H,25,28)/t18-/m0/s1.